The molecule has 1 unspecified atom stereocenters. The summed E-state index contributed by atoms with van der Waals surface area (Å²) in [5.74, 6) is -2.28. The van der Waals surface area contributed by atoms with Crippen LogP contribution in [0.3, 0.4) is 0 Å². The lowest BCUT2D eigenvalue weighted by molar-refractivity contribution is -0.132. The van der Waals surface area contributed by atoms with Gasteiger partial charge in [0.2, 0.25) is 0 Å². The fourth-order valence-electron chi connectivity index (χ4n) is 4.00. The molecular formula is C27H24N2O5. The predicted octanol–water partition coefficient (Wildman–Crippen LogP) is 4.17. The molecule has 1 amide bonds. The summed E-state index contributed by atoms with van der Waals surface area (Å²) in [7, 11) is 5.12. The second-order valence-corrected chi connectivity index (χ2v) is 8.06. The van der Waals surface area contributed by atoms with E-state index in [1.807, 2.05) is 43.3 Å². The number of carbonyl (C=O) groups is 3. The molecule has 172 valence electrons. The van der Waals surface area contributed by atoms with Gasteiger partial charge in [-0.05, 0) is 42.0 Å². The molecule has 0 spiro atoms. The van der Waals surface area contributed by atoms with E-state index < -0.39 is 23.7 Å². The smallest absolute Gasteiger partial charge is 0.337 e. The Morgan fingerprint density at radius 3 is 2.06 bits per heavy atom. The van der Waals surface area contributed by atoms with Crippen molar-refractivity contribution < 1.29 is 24.2 Å². The average Bonchev–Trinajstić information content (AvgIpc) is 3.14. The molecule has 1 fully saturated rings. The standard InChI is InChI=1S/C27H24N2O5/c1-28(2)20-13-9-17(10-14-20)23-22(24(30)18-7-5-4-6-8-18)25(31)26(32)29(23)21-15-11-19(12-16-21)27(33)34-3/h4-16,23,30H,1-3H3/b24-22+. The molecular weight excluding hydrogens is 432 g/mol. The lowest BCUT2D eigenvalue weighted by Crippen LogP contribution is -2.29. The second kappa shape index (κ2) is 9.23. The molecule has 1 heterocycles. The van der Waals surface area contributed by atoms with E-state index in [0.717, 1.165) is 5.69 Å². The van der Waals surface area contributed by atoms with Gasteiger partial charge in [-0.3, -0.25) is 14.5 Å². The van der Waals surface area contributed by atoms with Crippen molar-refractivity contribution >= 4 is 34.8 Å². The number of hydrogen-bond donors (Lipinski definition) is 1. The molecule has 7 nitrogen and oxygen atoms in total. The minimum absolute atomic E-state index is 0.00541. The normalized spacial score (nSPS) is 17.0. The Morgan fingerprint density at radius 1 is 0.882 bits per heavy atom. The maximum Gasteiger partial charge on any atom is 0.337 e. The lowest BCUT2D eigenvalue weighted by Gasteiger charge is -2.26. The van der Waals surface area contributed by atoms with E-state index in [2.05, 4.69) is 0 Å². The molecule has 3 aromatic rings. The van der Waals surface area contributed by atoms with Gasteiger partial charge in [0.25, 0.3) is 11.7 Å². The van der Waals surface area contributed by atoms with E-state index in [1.54, 1.807) is 42.5 Å². The number of aliphatic hydroxyl groups excluding tert-OH is 1. The lowest BCUT2D eigenvalue weighted by atomic mass is 9.95. The molecule has 0 saturated carbocycles. The van der Waals surface area contributed by atoms with Crippen LogP contribution < -0.4 is 9.80 Å². The van der Waals surface area contributed by atoms with Crippen LogP contribution in [0, 0.1) is 0 Å². The van der Waals surface area contributed by atoms with Crippen LogP contribution in [-0.2, 0) is 14.3 Å². The molecule has 1 N–H and O–H groups in total. The zero-order valence-electron chi connectivity index (χ0n) is 19.1. The van der Waals surface area contributed by atoms with Crippen LogP contribution in [0.25, 0.3) is 5.76 Å². The largest absolute Gasteiger partial charge is 0.507 e. The summed E-state index contributed by atoms with van der Waals surface area (Å²) in [6.45, 7) is 0. The molecule has 4 rings (SSSR count). The van der Waals surface area contributed by atoms with Gasteiger partial charge in [-0.1, -0.05) is 42.5 Å². The van der Waals surface area contributed by atoms with Gasteiger partial charge in [0.05, 0.1) is 24.3 Å². The summed E-state index contributed by atoms with van der Waals surface area (Å²) in [6, 6.07) is 21.5. The number of esters is 1. The van der Waals surface area contributed by atoms with E-state index >= 15 is 0 Å². The van der Waals surface area contributed by atoms with Gasteiger partial charge in [0.15, 0.2) is 0 Å². The van der Waals surface area contributed by atoms with Crippen LogP contribution in [0.15, 0.2) is 84.4 Å². The Balaban J connectivity index is 1.88. The summed E-state index contributed by atoms with van der Waals surface area (Å²) >= 11 is 0. The Kier molecular flexibility index (Phi) is 6.19. The third-order valence-corrected chi connectivity index (χ3v) is 5.78. The number of benzene rings is 3. The summed E-state index contributed by atoms with van der Waals surface area (Å²) in [4.78, 5) is 41.5. The molecule has 3 aromatic carbocycles. The number of nitrogens with zero attached hydrogens (tertiary/aromatic N) is 2. The first-order valence-electron chi connectivity index (χ1n) is 10.7. The number of rotatable bonds is 5. The zero-order chi connectivity index (χ0) is 24.4. The van der Waals surface area contributed by atoms with Gasteiger partial charge in [0, 0.05) is 31.0 Å². The van der Waals surface area contributed by atoms with E-state index in [-0.39, 0.29) is 11.3 Å². The van der Waals surface area contributed by atoms with Gasteiger partial charge in [-0.2, -0.15) is 0 Å². The van der Waals surface area contributed by atoms with E-state index in [1.165, 1.54) is 24.1 Å². The van der Waals surface area contributed by atoms with E-state index in [4.69, 9.17) is 4.74 Å². The first kappa shape index (κ1) is 22.8. The van der Waals surface area contributed by atoms with Crippen molar-refractivity contribution in [2.24, 2.45) is 0 Å². The second-order valence-electron chi connectivity index (χ2n) is 8.06. The van der Waals surface area contributed by atoms with Crippen molar-refractivity contribution in [3.8, 4) is 0 Å². The van der Waals surface area contributed by atoms with Gasteiger partial charge < -0.3 is 14.7 Å². The maximum atomic E-state index is 13.2. The fraction of sp³-hybridized carbons (Fsp3) is 0.148. The van der Waals surface area contributed by atoms with Crippen molar-refractivity contribution in [1.82, 2.24) is 0 Å². The van der Waals surface area contributed by atoms with Crippen LogP contribution in [0.2, 0.25) is 0 Å². The molecule has 7 heteroatoms. The van der Waals surface area contributed by atoms with Crippen LogP contribution in [0.5, 0.6) is 0 Å². The van der Waals surface area contributed by atoms with Crippen molar-refractivity contribution in [3.05, 3.63) is 101 Å². The summed E-state index contributed by atoms with van der Waals surface area (Å²) in [5.41, 5.74) is 2.80. The summed E-state index contributed by atoms with van der Waals surface area (Å²) in [6.07, 6.45) is 0. The number of Topliss-reactive ketones (excluding diaryl/α,β-unsaturated/α-hetero) is 1. The number of methoxy groups -OCH3 is 1. The average molecular weight is 456 g/mol. The maximum absolute atomic E-state index is 13.2. The molecule has 1 aliphatic rings. The molecule has 0 aromatic heterocycles. The Labute approximate surface area is 197 Å². The van der Waals surface area contributed by atoms with Crippen LogP contribution >= 0.6 is 0 Å². The van der Waals surface area contributed by atoms with Crippen molar-refractivity contribution in [3.63, 3.8) is 0 Å². The Morgan fingerprint density at radius 2 is 1.50 bits per heavy atom. The number of ketones is 1. The molecule has 1 aliphatic heterocycles. The molecule has 34 heavy (non-hydrogen) atoms. The molecule has 1 saturated heterocycles. The summed E-state index contributed by atoms with van der Waals surface area (Å²) in [5, 5.41) is 11.1. The SMILES string of the molecule is COC(=O)c1ccc(N2C(=O)C(=O)/C(=C(/O)c3ccccc3)C2c2ccc(N(C)C)cc2)cc1. The molecule has 0 bridgehead atoms. The highest BCUT2D eigenvalue weighted by molar-refractivity contribution is 6.51. The van der Waals surface area contributed by atoms with Crippen LogP contribution in [0.1, 0.15) is 27.5 Å². The first-order valence-corrected chi connectivity index (χ1v) is 10.7. The highest BCUT2D eigenvalue weighted by atomic mass is 16.5. The van der Waals surface area contributed by atoms with Crippen LogP contribution in [0.4, 0.5) is 11.4 Å². The molecule has 1 atom stereocenters. The van der Waals surface area contributed by atoms with Gasteiger partial charge in [0.1, 0.15) is 5.76 Å². The first-order chi connectivity index (χ1) is 16.3. The third-order valence-electron chi connectivity index (χ3n) is 5.78. The minimum Gasteiger partial charge on any atom is -0.507 e. The van der Waals surface area contributed by atoms with Crippen molar-refractivity contribution in [2.75, 3.05) is 31.0 Å². The Bertz CT molecular complexity index is 1260. The summed E-state index contributed by atoms with van der Waals surface area (Å²) < 4.78 is 4.74. The quantitative estimate of drug-likeness (QED) is 0.268. The number of hydrogen-bond acceptors (Lipinski definition) is 6. The van der Waals surface area contributed by atoms with Crippen molar-refractivity contribution in [1.29, 1.82) is 0 Å². The monoisotopic (exact) mass is 456 g/mol. The number of ether oxygens (including phenoxy) is 1. The van der Waals surface area contributed by atoms with Gasteiger partial charge in [-0.15, -0.1) is 0 Å². The van der Waals surface area contributed by atoms with E-state index in [9.17, 15) is 19.5 Å². The zero-order valence-corrected chi connectivity index (χ0v) is 19.1. The minimum atomic E-state index is -0.847. The van der Waals surface area contributed by atoms with Crippen LogP contribution in [-0.4, -0.2) is 44.0 Å². The van der Waals surface area contributed by atoms with Gasteiger partial charge >= 0.3 is 5.97 Å². The highest BCUT2D eigenvalue weighted by Crippen LogP contribution is 2.42. The highest BCUT2D eigenvalue weighted by Gasteiger charge is 2.47. The molecule has 0 radical (unpaired) electrons. The number of carbonyl (C=O) groups excluding carboxylic acids is 3. The molecule has 0 aliphatic carbocycles. The number of aliphatic hydroxyl groups is 1. The Hall–Kier alpha value is -4.39. The number of anilines is 2. The topological polar surface area (TPSA) is 87.1 Å². The van der Waals surface area contributed by atoms with Gasteiger partial charge in [-0.25, -0.2) is 4.79 Å². The predicted molar refractivity (Wildman–Crippen MR) is 130 cm³/mol. The third kappa shape index (κ3) is 4.03. The van der Waals surface area contributed by atoms with Crippen molar-refractivity contribution in [2.45, 2.75) is 6.04 Å². The fourth-order valence-corrected chi connectivity index (χ4v) is 4.00. The van der Waals surface area contributed by atoms with E-state index in [0.29, 0.717) is 22.4 Å². The number of amides is 1.